The first-order valence-corrected chi connectivity index (χ1v) is 12.0. The Labute approximate surface area is 199 Å². The van der Waals surface area contributed by atoms with E-state index in [9.17, 15) is 9.18 Å². The molecule has 0 spiro atoms. The normalized spacial score (nSPS) is 19.8. The van der Waals surface area contributed by atoms with Crippen LogP contribution in [-0.4, -0.2) is 60.0 Å². The van der Waals surface area contributed by atoms with Crippen molar-refractivity contribution in [3.8, 4) is 5.69 Å². The molecule has 0 radical (unpaired) electrons. The summed E-state index contributed by atoms with van der Waals surface area (Å²) in [6, 6.07) is 16.2. The molecular weight excluding hydrogens is 431 g/mol. The van der Waals surface area contributed by atoms with Crippen molar-refractivity contribution in [1.29, 1.82) is 0 Å². The SMILES string of the molecule is CNCCN1C[C@@H](NC(=O)Nc2c3c(nn2-c2ccccc2)CCC3)[C@H](c2ccc(F)cc2)C1. The second-order valence-corrected chi connectivity index (χ2v) is 9.10. The zero-order valence-corrected chi connectivity index (χ0v) is 19.4. The van der Waals surface area contributed by atoms with Gasteiger partial charge in [0.15, 0.2) is 0 Å². The van der Waals surface area contributed by atoms with E-state index in [1.54, 1.807) is 0 Å². The number of hydrogen-bond donors (Lipinski definition) is 3. The number of carbonyl (C=O) groups excluding carboxylic acids is 1. The van der Waals surface area contributed by atoms with E-state index in [2.05, 4.69) is 20.9 Å². The van der Waals surface area contributed by atoms with Gasteiger partial charge in [-0.1, -0.05) is 30.3 Å². The number of para-hydroxylation sites is 1. The highest BCUT2D eigenvalue weighted by atomic mass is 19.1. The van der Waals surface area contributed by atoms with Crippen molar-refractivity contribution in [2.45, 2.75) is 31.2 Å². The molecule has 2 amide bonds. The molecule has 34 heavy (non-hydrogen) atoms. The molecule has 2 atom stereocenters. The second-order valence-electron chi connectivity index (χ2n) is 9.10. The van der Waals surface area contributed by atoms with Gasteiger partial charge in [0.05, 0.1) is 17.4 Å². The number of benzene rings is 2. The van der Waals surface area contributed by atoms with E-state index in [0.717, 1.165) is 73.8 Å². The Morgan fingerprint density at radius 2 is 1.88 bits per heavy atom. The summed E-state index contributed by atoms with van der Waals surface area (Å²) in [5.74, 6) is 0.589. The van der Waals surface area contributed by atoms with Crippen LogP contribution < -0.4 is 16.0 Å². The van der Waals surface area contributed by atoms with Gasteiger partial charge in [0.2, 0.25) is 0 Å². The number of aromatic nitrogens is 2. The fourth-order valence-electron chi connectivity index (χ4n) is 5.12. The minimum Gasteiger partial charge on any atom is -0.333 e. The van der Waals surface area contributed by atoms with E-state index in [-0.39, 0.29) is 23.8 Å². The largest absolute Gasteiger partial charge is 0.333 e. The number of fused-ring (bicyclic) bond motifs is 1. The summed E-state index contributed by atoms with van der Waals surface area (Å²) in [4.78, 5) is 15.6. The van der Waals surface area contributed by atoms with Crippen LogP contribution in [0.25, 0.3) is 5.69 Å². The number of carbonyl (C=O) groups is 1. The Morgan fingerprint density at radius 3 is 2.65 bits per heavy atom. The van der Waals surface area contributed by atoms with Crippen LogP contribution in [0, 0.1) is 5.82 Å². The number of likely N-dealkylation sites (N-methyl/N-ethyl adjacent to an activating group) is 1. The first kappa shape index (κ1) is 22.6. The first-order valence-electron chi connectivity index (χ1n) is 12.0. The summed E-state index contributed by atoms with van der Waals surface area (Å²) in [5.41, 5.74) is 4.14. The third-order valence-electron chi connectivity index (χ3n) is 6.83. The topological polar surface area (TPSA) is 74.2 Å². The molecule has 1 aliphatic heterocycles. The predicted octanol–water partition coefficient (Wildman–Crippen LogP) is 3.31. The lowest BCUT2D eigenvalue weighted by Crippen LogP contribution is -2.42. The summed E-state index contributed by atoms with van der Waals surface area (Å²) < 4.78 is 15.4. The molecule has 3 N–H and O–H groups in total. The van der Waals surface area contributed by atoms with Crippen LogP contribution in [-0.2, 0) is 12.8 Å². The van der Waals surface area contributed by atoms with E-state index >= 15 is 0 Å². The van der Waals surface area contributed by atoms with Crippen molar-refractivity contribution in [3.63, 3.8) is 0 Å². The quantitative estimate of drug-likeness (QED) is 0.504. The van der Waals surface area contributed by atoms with Gasteiger partial charge in [-0.15, -0.1) is 0 Å². The molecule has 0 bridgehead atoms. The highest BCUT2D eigenvalue weighted by molar-refractivity contribution is 5.90. The Balaban J connectivity index is 1.35. The van der Waals surface area contributed by atoms with Gasteiger partial charge < -0.3 is 10.6 Å². The van der Waals surface area contributed by atoms with Crippen molar-refractivity contribution in [3.05, 3.63) is 77.2 Å². The molecule has 8 heteroatoms. The number of halogens is 1. The molecule has 0 saturated carbocycles. The van der Waals surface area contributed by atoms with Crippen LogP contribution in [0.15, 0.2) is 54.6 Å². The second kappa shape index (κ2) is 9.95. The van der Waals surface area contributed by atoms with E-state index in [4.69, 9.17) is 5.10 Å². The number of anilines is 1. The van der Waals surface area contributed by atoms with Gasteiger partial charge in [0.1, 0.15) is 11.6 Å². The Bertz CT molecular complexity index is 1130. The molecule has 2 aromatic carbocycles. The number of hydrogen-bond acceptors (Lipinski definition) is 4. The van der Waals surface area contributed by atoms with E-state index in [1.807, 2.05) is 54.2 Å². The maximum Gasteiger partial charge on any atom is 0.320 e. The van der Waals surface area contributed by atoms with Crippen molar-refractivity contribution in [2.24, 2.45) is 0 Å². The summed E-state index contributed by atoms with van der Waals surface area (Å²) >= 11 is 0. The molecule has 0 unspecified atom stereocenters. The van der Waals surface area contributed by atoms with Gasteiger partial charge in [-0.05, 0) is 56.1 Å². The third-order valence-corrected chi connectivity index (χ3v) is 6.83. The number of likely N-dealkylation sites (tertiary alicyclic amines) is 1. The van der Waals surface area contributed by atoms with Gasteiger partial charge in [-0.3, -0.25) is 10.2 Å². The lowest BCUT2D eigenvalue weighted by molar-refractivity contribution is 0.247. The van der Waals surface area contributed by atoms with Crippen LogP contribution in [0.3, 0.4) is 0 Å². The molecule has 178 valence electrons. The van der Waals surface area contributed by atoms with Crippen molar-refractivity contribution < 1.29 is 9.18 Å². The monoisotopic (exact) mass is 462 g/mol. The minimum absolute atomic E-state index is 0.0801. The maximum atomic E-state index is 13.5. The van der Waals surface area contributed by atoms with Gasteiger partial charge >= 0.3 is 6.03 Å². The van der Waals surface area contributed by atoms with Crippen LogP contribution in [0.1, 0.15) is 29.2 Å². The van der Waals surface area contributed by atoms with Crippen LogP contribution >= 0.6 is 0 Å². The Kier molecular flexibility index (Phi) is 6.60. The fraction of sp³-hybridized carbons (Fsp3) is 0.385. The zero-order valence-electron chi connectivity index (χ0n) is 19.4. The van der Waals surface area contributed by atoms with Crippen molar-refractivity contribution in [2.75, 3.05) is 38.5 Å². The van der Waals surface area contributed by atoms with Crippen LogP contribution in [0.5, 0.6) is 0 Å². The number of nitrogens with one attached hydrogen (secondary N) is 3. The zero-order chi connectivity index (χ0) is 23.5. The molecular formula is C26H31FN6O. The van der Waals surface area contributed by atoms with E-state index < -0.39 is 0 Å². The molecule has 2 aliphatic rings. The smallest absolute Gasteiger partial charge is 0.320 e. The van der Waals surface area contributed by atoms with Gasteiger partial charge in [0.25, 0.3) is 0 Å². The lowest BCUT2D eigenvalue weighted by Gasteiger charge is -2.21. The highest BCUT2D eigenvalue weighted by Gasteiger charge is 2.35. The average molecular weight is 463 g/mol. The lowest BCUT2D eigenvalue weighted by atomic mass is 9.94. The number of aryl methyl sites for hydroxylation is 1. The molecule has 1 aliphatic carbocycles. The summed E-state index contributed by atoms with van der Waals surface area (Å²) in [7, 11) is 1.94. The first-order chi connectivity index (χ1) is 16.6. The van der Waals surface area contributed by atoms with E-state index in [0.29, 0.717) is 0 Å². The summed E-state index contributed by atoms with van der Waals surface area (Å²) in [6.45, 7) is 3.32. The van der Waals surface area contributed by atoms with Gasteiger partial charge in [-0.25, -0.2) is 13.9 Å². The number of amides is 2. The number of nitrogens with zero attached hydrogens (tertiary/aromatic N) is 3. The fourth-order valence-corrected chi connectivity index (χ4v) is 5.12. The Hall–Kier alpha value is -3.23. The Morgan fingerprint density at radius 1 is 1.09 bits per heavy atom. The molecule has 2 heterocycles. The average Bonchev–Trinajstić information content (AvgIpc) is 3.55. The summed E-state index contributed by atoms with van der Waals surface area (Å²) in [6.07, 6.45) is 2.90. The molecule has 1 aromatic heterocycles. The van der Waals surface area contributed by atoms with Crippen molar-refractivity contribution >= 4 is 11.8 Å². The molecule has 5 rings (SSSR count). The van der Waals surface area contributed by atoms with Crippen LogP contribution in [0.4, 0.5) is 15.0 Å². The van der Waals surface area contributed by atoms with Gasteiger partial charge in [0, 0.05) is 37.7 Å². The standard InChI is InChI=1S/C26H31FN6O/c1-28-14-15-32-16-22(18-10-12-19(27)13-11-18)24(17-32)29-26(34)30-25-21-8-5-9-23(21)31-33(25)20-6-3-2-4-7-20/h2-4,6-7,10-13,22,24,28H,5,8-9,14-17H2,1H3,(H2,29,30,34)/t22-,24+/m0/s1. The molecule has 1 fully saturated rings. The summed E-state index contributed by atoms with van der Waals surface area (Å²) in [5, 5.41) is 14.3. The van der Waals surface area contributed by atoms with Crippen LogP contribution in [0.2, 0.25) is 0 Å². The minimum atomic E-state index is -0.251. The molecule has 1 saturated heterocycles. The maximum absolute atomic E-state index is 13.5. The number of urea groups is 1. The number of rotatable bonds is 7. The van der Waals surface area contributed by atoms with Gasteiger partial charge in [-0.2, -0.15) is 5.10 Å². The molecule has 7 nitrogen and oxygen atoms in total. The molecule has 3 aromatic rings. The van der Waals surface area contributed by atoms with E-state index in [1.165, 1.54) is 12.1 Å². The highest BCUT2D eigenvalue weighted by Crippen LogP contribution is 2.32. The predicted molar refractivity (Wildman–Crippen MR) is 131 cm³/mol. The van der Waals surface area contributed by atoms with Crippen molar-refractivity contribution in [1.82, 2.24) is 25.3 Å². The third kappa shape index (κ3) is 4.69.